The highest BCUT2D eigenvalue weighted by molar-refractivity contribution is 9.10. The number of rotatable bonds is 2. The summed E-state index contributed by atoms with van der Waals surface area (Å²) in [4.78, 5) is 7.15. The maximum absolute atomic E-state index is 5.84. The molecule has 1 aromatic rings. The highest BCUT2D eigenvalue weighted by Gasteiger charge is 2.12. The van der Waals surface area contributed by atoms with E-state index in [1.807, 2.05) is 0 Å². The quantitative estimate of drug-likeness (QED) is 0.880. The fraction of sp³-hybridized carbons (Fsp3) is 0.571. The summed E-state index contributed by atoms with van der Waals surface area (Å²) in [7, 11) is 0. The summed E-state index contributed by atoms with van der Waals surface area (Å²) in [6.07, 6.45) is 1.72. The van der Waals surface area contributed by atoms with E-state index in [4.69, 9.17) is 5.73 Å². The van der Waals surface area contributed by atoms with Crippen LogP contribution in [0.15, 0.2) is 10.8 Å². The highest BCUT2D eigenvalue weighted by Crippen LogP contribution is 2.16. The van der Waals surface area contributed by atoms with Gasteiger partial charge < -0.3 is 10.7 Å². The van der Waals surface area contributed by atoms with E-state index in [1.54, 1.807) is 6.20 Å². The van der Waals surface area contributed by atoms with E-state index >= 15 is 0 Å². The van der Waals surface area contributed by atoms with Gasteiger partial charge in [0.2, 0.25) is 0 Å². The minimum absolute atomic E-state index is 0. The van der Waals surface area contributed by atoms with Gasteiger partial charge in [-0.15, -0.1) is 24.8 Å². The van der Waals surface area contributed by atoms with Crippen molar-refractivity contribution in [2.45, 2.75) is 19.9 Å². The number of aromatic amines is 1. The molecule has 0 fully saturated rings. The predicted octanol–water partition coefficient (Wildman–Crippen LogP) is 2.67. The SMILES string of the molecule is CC(C)C(N)c1ncc(Br)[nH]1.Cl.Cl. The summed E-state index contributed by atoms with van der Waals surface area (Å²) in [5, 5.41) is 0. The Balaban J connectivity index is 0. The second-order valence-corrected chi connectivity index (χ2v) is 3.74. The van der Waals surface area contributed by atoms with Crippen molar-refractivity contribution in [3.8, 4) is 0 Å². The van der Waals surface area contributed by atoms with Crippen molar-refractivity contribution >= 4 is 40.7 Å². The van der Waals surface area contributed by atoms with Gasteiger partial charge in [-0.05, 0) is 21.8 Å². The fourth-order valence-corrected chi connectivity index (χ4v) is 1.10. The Morgan fingerprint density at radius 1 is 1.46 bits per heavy atom. The average Bonchev–Trinajstić information content (AvgIpc) is 2.34. The molecular formula is C7H14BrCl2N3. The topological polar surface area (TPSA) is 54.7 Å². The number of aromatic nitrogens is 2. The number of hydrogen-bond donors (Lipinski definition) is 2. The van der Waals surface area contributed by atoms with Gasteiger partial charge >= 0.3 is 0 Å². The Morgan fingerprint density at radius 3 is 2.31 bits per heavy atom. The maximum Gasteiger partial charge on any atom is 0.124 e. The van der Waals surface area contributed by atoms with Crippen LogP contribution in [0.3, 0.4) is 0 Å². The molecule has 1 atom stereocenters. The van der Waals surface area contributed by atoms with Gasteiger partial charge in [-0.3, -0.25) is 0 Å². The normalized spacial score (nSPS) is 11.8. The van der Waals surface area contributed by atoms with E-state index in [2.05, 4.69) is 39.7 Å². The predicted molar refractivity (Wildman–Crippen MR) is 62.6 cm³/mol. The lowest BCUT2D eigenvalue weighted by Gasteiger charge is -2.11. The zero-order valence-electron chi connectivity index (χ0n) is 7.45. The first-order chi connectivity index (χ1) is 5.11. The number of imidazole rings is 1. The Bertz CT molecular complexity index is 239. The number of H-pyrrole nitrogens is 1. The van der Waals surface area contributed by atoms with Crippen molar-refractivity contribution in [1.29, 1.82) is 0 Å². The van der Waals surface area contributed by atoms with Crippen molar-refractivity contribution in [3.05, 3.63) is 16.6 Å². The number of nitrogens with two attached hydrogens (primary N) is 1. The van der Waals surface area contributed by atoms with Gasteiger partial charge in [-0.25, -0.2) is 4.98 Å². The van der Waals surface area contributed by atoms with Gasteiger partial charge in [0.05, 0.1) is 12.2 Å². The van der Waals surface area contributed by atoms with Crippen LogP contribution in [-0.4, -0.2) is 9.97 Å². The van der Waals surface area contributed by atoms with Crippen LogP contribution in [0, 0.1) is 5.92 Å². The van der Waals surface area contributed by atoms with Crippen LogP contribution >= 0.6 is 40.7 Å². The highest BCUT2D eigenvalue weighted by atomic mass is 79.9. The molecule has 3 nitrogen and oxygen atoms in total. The van der Waals surface area contributed by atoms with Crippen LogP contribution in [0.1, 0.15) is 25.7 Å². The van der Waals surface area contributed by atoms with Gasteiger partial charge in [-0.1, -0.05) is 13.8 Å². The lowest BCUT2D eigenvalue weighted by molar-refractivity contribution is 0.493. The van der Waals surface area contributed by atoms with Crippen molar-refractivity contribution in [2.75, 3.05) is 0 Å². The monoisotopic (exact) mass is 289 g/mol. The summed E-state index contributed by atoms with van der Waals surface area (Å²) < 4.78 is 0.878. The molecule has 1 unspecified atom stereocenters. The summed E-state index contributed by atoms with van der Waals surface area (Å²) >= 11 is 3.28. The zero-order valence-corrected chi connectivity index (χ0v) is 10.7. The van der Waals surface area contributed by atoms with Gasteiger partial charge in [-0.2, -0.15) is 0 Å². The molecule has 1 aromatic heterocycles. The molecule has 78 valence electrons. The Morgan fingerprint density at radius 2 is 2.00 bits per heavy atom. The molecule has 3 N–H and O–H groups in total. The van der Waals surface area contributed by atoms with E-state index in [0.29, 0.717) is 5.92 Å². The van der Waals surface area contributed by atoms with Crippen LogP contribution in [-0.2, 0) is 0 Å². The fourth-order valence-electron chi connectivity index (χ4n) is 0.798. The average molecular weight is 291 g/mol. The van der Waals surface area contributed by atoms with Gasteiger partial charge in [0.15, 0.2) is 0 Å². The number of nitrogens with one attached hydrogen (secondary N) is 1. The Labute approximate surface area is 98.8 Å². The van der Waals surface area contributed by atoms with Crippen LogP contribution in [0.2, 0.25) is 0 Å². The van der Waals surface area contributed by atoms with Crippen LogP contribution in [0.5, 0.6) is 0 Å². The maximum atomic E-state index is 5.84. The third kappa shape index (κ3) is 4.31. The van der Waals surface area contributed by atoms with Gasteiger partial charge in [0.1, 0.15) is 10.4 Å². The van der Waals surface area contributed by atoms with Crippen LogP contribution in [0.4, 0.5) is 0 Å². The molecule has 0 aliphatic carbocycles. The van der Waals surface area contributed by atoms with Crippen molar-refractivity contribution < 1.29 is 0 Å². The third-order valence-electron chi connectivity index (χ3n) is 1.60. The second kappa shape index (κ2) is 6.65. The van der Waals surface area contributed by atoms with Crippen molar-refractivity contribution in [3.63, 3.8) is 0 Å². The van der Waals surface area contributed by atoms with Gasteiger partial charge in [0.25, 0.3) is 0 Å². The number of hydrogen-bond acceptors (Lipinski definition) is 2. The Kier molecular flexibility index (Phi) is 8.03. The molecule has 0 aliphatic heterocycles. The molecule has 0 aliphatic rings. The molecule has 0 saturated carbocycles. The Hall–Kier alpha value is 0.230. The second-order valence-electron chi connectivity index (χ2n) is 2.89. The number of nitrogens with zero attached hydrogens (tertiary/aromatic N) is 1. The molecule has 1 heterocycles. The third-order valence-corrected chi connectivity index (χ3v) is 2.00. The summed E-state index contributed by atoms with van der Waals surface area (Å²) in [6.45, 7) is 4.14. The standard InChI is InChI=1S/C7H12BrN3.2ClH/c1-4(2)6(9)7-10-3-5(8)11-7;;/h3-4,6H,9H2,1-2H3,(H,10,11);2*1H. The van der Waals surface area contributed by atoms with Crippen molar-refractivity contribution in [1.82, 2.24) is 9.97 Å². The van der Waals surface area contributed by atoms with Crippen molar-refractivity contribution in [2.24, 2.45) is 11.7 Å². The van der Waals surface area contributed by atoms with Gasteiger partial charge in [0, 0.05) is 0 Å². The van der Waals surface area contributed by atoms with E-state index in [9.17, 15) is 0 Å². The molecule has 0 aromatic carbocycles. The van der Waals surface area contributed by atoms with E-state index in [0.717, 1.165) is 10.4 Å². The first-order valence-electron chi connectivity index (χ1n) is 3.57. The zero-order chi connectivity index (χ0) is 8.43. The minimum atomic E-state index is 0. The summed E-state index contributed by atoms with van der Waals surface area (Å²) in [5.41, 5.74) is 5.84. The summed E-state index contributed by atoms with van der Waals surface area (Å²) in [6, 6.07) is 0.00120. The smallest absolute Gasteiger partial charge is 0.124 e. The molecule has 1 rings (SSSR count). The number of halogens is 3. The molecule has 0 bridgehead atoms. The largest absolute Gasteiger partial charge is 0.335 e. The molecule has 0 saturated heterocycles. The van der Waals surface area contributed by atoms with Crippen LogP contribution in [0.25, 0.3) is 0 Å². The first kappa shape index (κ1) is 15.7. The molecule has 0 spiro atoms. The molecular weight excluding hydrogens is 277 g/mol. The van der Waals surface area contributed by atoms with E-state index in [1.165, 1.54) is 0 Å². The molecule has 13 heavy (non-hydrogen) atoms. The molecule has 0 radical (unpaired) electrons. The van der Waals surface area contributed by atoms with E-state index < -0.39 is 0 Å². The van der Waals surface area contributed by atoms with Crippen LogP contribution < -0.4 is 5.73 Å². The summed E-state index contributed by atoms with van der Waals surface area (Å²) in [5.74, 6) is 1.25. The molecule has 0 amide bonds. The minimum Gasteiger partial charge on any atom is -0.335 e. The molecule has 6 heteroatoms. The lowest BCUT2D eigenvalue weighted by atomic mass is 10.1. The van der Waals surface area contributed by atoms with E-state index in [-0.39, 0.29) is 30.9 Å². The first-order valence-corrected chi connectivity index (χ1v) is 4.36. The lowest BCUT2D eigenvalue weighted by Crippen LogP contribution is -2.17.